The normalized spacial score (nSPS) is 17.8. The number of piperidine rings is 1. The van der Waals surface area contributed by atoms with Gasteiger partial charge in [0.05, 0.1) is 20.2 Å². The summed E-state index contributed by atoms with van der Waals surface area (Å²) in [6, 6.07) is 6.53. The van der Waals surface area contributed by atoms with Crippen LogP contribution in [0, 0.1) is 6.92 Å². The molecule has 0 aliphatic carbocycles. The van der Waals surface area contributed by atoms with Crippen LogP contribution < -0.4 is 14.9 Å². The summed E-state index contributed by atoms with van der Waals surface area (Å²) in [6.07, 6.45) is 1.36. The number of hydrogen-bond donors (Lipinski definition) is 3. The van der Waals surface area contributed by atoms with Gasteiger partial charge in [-0.3, -0.25) is 14.4 Å². The van der Waals surface area contributed by atoms with E-state index in [-0.39, 0.29) is 30.4 Å². The monoisotopic (exact) mass is 568 g/mol. The molecule has 3 amide bonds. The Morgan fingerprint density at radius 3 is 2.54 bits per heavy atom. The predicted molar refractivity (Wildman–Crippen MR) is 140 cm³/mol. The van der Waals surface area contributed by atoms with Crippen molar-refractivity contribution in [1.29, 1.82) is 0 Å². The molecule has 13 heteroatoms. The molecule has 2 saturated heterocycles. The summed E-state index contributed by atoms with van der Waals surface area (Å²) < 4.78 is 29.9. The summed E-state index contributed by atoms with van der Waals surface area (Å²) in [5.41, 5.74) is 0.913. The Bertz CT molecular complexity index is 1290. The minimum atomic E-state index is -4.22. The molecule has 0 bridgehead atoms. The number of nitrogens with zero attached hydrogens (tertiary/aromatic N) is 2. The lowest BCUT2D eigenvalue weighted by atomic mass is 10.1. The number of carbonyl (C=O) groups is 3. The van der Waals surface area contributed by atoms with Crippen LogP contribution in [0.15, 0.2) is 35.2 Å². The molecule has 0 radical (unpaired) electrons. The molecule has 1 atom stereocenters. The van der Waals surface area contributed by atoms with Gasteiger partial charge >= 0.3 is 0 Å². The third kappa shape index (κ3) is 6.32. The van der Waals surface area contributed by atoms with Gasteiger partial charge in [-0.2, -0.15) is 4.72 Å². The Morgan fingerprint density at radius 1 is 1.19 bits per heavy atom. The van der Waals surface area contributed by atoms with Gasteiger partial charge < -0.3 is 20.2 Å². The highest BCUT2D eigenvalue weighted by Crippen LogP contribution is 2.29. The maximum atomic E-state index is 13.5. The van der Waals surface area contributed by atoms with Crippen molar-refractivity contribution >= 4 is 56.4 Å². The zero-order chi connectivity index (χ0) is 26.7. The van der Waals surface area contributed by atoms with Crippen molar-refractivity contribution in [3.63, 3.8) is 0 Å². The van der Waals surface area contributed by atoms with E-state index in [0.29, 0.717) is 52.7 Å². The van der Waals surface area contributed by atoms with Crippen LogP contribution in [0.3, 0.4) is 0 Å². The van der Waals surface area contributed by atoms with E-state index < -0.39 is 34.0 Å². The lowest BCUT2D eigenvalue weighted by molar-refractivity contribution is -0.134. The second kappa shape index (κ2) is 11.5. The van der Waals surface area contributed by atoms with Gasteiger partial charge in [0.1, 0.15) is 6.04 Å². The molecule has 37 heavy (non-hydrogen) atoms. The highest BCUT2D eigenvalue weighted by Gasteiger charge is 2.33. The molecular weight excluding hydrogens is 540 g/mol. The largest absolute Gasteiger partial charge is 0.393 e. The minimum absolute atomic E-state index is 0.0482. The molecule has 0 unspecified atom stereocenters. The minimum Gasteiger partial charge on any atom is -0.393 e. The van der Waals surface area contributed by atoms with Gasteiger partial charge in [0, 0.05) is 38.3 Å². The molecule has 2 fully saturated rings. The number of amides is 3. The van der Waals surface area contributed by atoms with Crippen LogP contribution in [0.25, 0.3) is 0 Å². The fourth-order valence-electron chi connectivity index (χ4n) is 4.54. The Hall–Kier alpha value is -2.51. The average Bonchev–Trinajstić information content (AvgIpc) is 3.49. The van der Waals surface area contributed by atoms with Crippen LogP contribution in [0.4, 0.5) is 5.69 Å². The SMILES string of the molecule is Cc1c(N2CCCC2=O)cccc1S(=O)(=O)N[C@@H](CNC(=O)c1ccc(Cl)s1)C(=O)N1CCC(O)CC1. The first kappa shape index (κ1) is 27.5. The second-order valence-electron chi connectivity index (χ2n) is 9.09. The van der Waals surface area contributed by atoms with Crippen LogP contribution in [-0.4, -0.2) is 74.5 Å². The van der Waals surface area contributed by atoms with Gasteiger partial charge in [-0.05, 0) is 56.0 Å². The number of carbonyl (C=O) groups excluding carboxylic acids is 3. The Morgan fingerprint density at radius 2 is 1.92 bits per heavy atom. The summed E-state index contributed by atoms with van der Waals surface area (Å²) in [5, 5.41) is 12.4. The van der Waals surface area contributed by atoms with Gasteiger partial charge in [-0.25, -0.2) is 8.42 Å². The fraction of sp³-hybridized carbons (Fsp3) is 0.458. The smallest absolute Gasteiger partial charge is 0.261 e. The number of halogens is 1. The highest BCUT2D eigenvalue weighted by atomic mass is 35.5. The number of aliphatic hydroxyl groups excluding tert-OH is 1. The van der Waals surface area contributed by atoms with Crippen LogP contribution in [0.1, 0.15) is 40.9 Å². The molecule has 10 nitrogen and oxygen atoms in total. The van der Waals surface area contributed by atoms with Crippen LogP contribution in [0.2, 0.25) is 4.34 Å². The van der Waals surface area contributed by atoms with E-state index in [4.69, 9.17) is 11.6 Å². The first-order chi connectivity index (χ1) is 17.6. The molecule has 1 aromatic heterocycles. The number of benzene rings is 1. The molecule has 2 aliphatic rings. The number of likely N-dealkylation sites (tertiary alicyclic amines) is 1. The summed E-state index contributed by atoms with van der Waals surface area (Å²) in [5.74, 6) is -1.04. The van der Waals surface area contributed by atoms with E-state index in [1.807, 2.05) is 0 Å². The standard InChI is InChI=1S/C24H29ClN4O6S2/c1-15-18(29-11-3-6-22(29)31)4-2-5-20(15)37(34,35)27-17(24(33)28-12-9-16(30)10-13-28)14-26-23(32)19-7-8-21(25)36-19/h2,4-5,7-8,16-17,27,30H,3,6,9-14H2,1H3,(H,26,32)/t17-/m0/s1. The van der Waals surface area contributed by atoms with Crippen molar-refractivity contribution in [3.05, 3.63) is 45.1 Å². The topological polar surface area (TPSA) is 136 Å². The van der Waals surface area contributed by atoms with Crippen molar-refractivity contribution in [3.8, 4) is 0 Å². The number of rotatable bonds is 8. The van der Waals surface area contributed by atoms with Crippen molar-refractivity contribution in [2.24, 2.45) is 0 Å². The first-order valence-electron chi connectivity index (χ1n) is 12.0. The van der Waals surface area contributed by atoms with Gasteiger partial charge in [0.25, 0.3) is 5.91 Å². The highest BCUT2D eigenvalue weighted by molar-refractivity contribution is 7.89. The number of aliphatic hydroxyl groups is 1. The van der Waals surface area contributed by atoms with Crippen molar-refractivity contribution in [2.45, 2.75) is 49.6 Å². The maximum absolute atomic E-state index is 13.5. The van der Waals surface area contributed by atoms with Gasteiger partial charge in [0.15, 0.2) is 0 Å². The molecule has 1 aromatic carbocycles. The summed E-state index contributed by atoms with van der Waals surface area (Å²) in [7, 11) is -4.22. The third-order valence-electron chi connectivity index (χ3n) is 6.54. The zero-order valence-corrected chi connectivity index (χ0v) is 22.7. The third-order valence-corrected chi connectivity index (χ3v) is 9.39. The van der Waals surface area contributed by atoms with Gasteiger partial charge in [-0.1, -0.05) is 17.7 Å². The summed E-state index contributed by atoms with van der Waals surface area (Å²) in [4.78, 5) is 41.6. The number of anilines is 1. The van der Waals surface area contributed by atoms with Crippen molar-refractivity contribution in [1.82, 2.24) is 14.9 Å². The molecule has 2 aliphatic heterocycles. The Kier molecular flexibility index (Phi) is 8.54. The molecule has 4 rings (SSSR count). The number of thiophene rings is 1. The van der Waals surface area contributed by atoms with E-state index >= 15 is 0 Å². The van der Waals surface area contributed by atoms with Crippen LogP contribution in [-0.2, 0) is 19.6 Å². The molecule has 0 saturated carbocycles. The lowest BCUT2D eigenvalue weighted by Gasteiger charge is -2.32. The maximum Gasteiger partial charge on any atom is 0.261 e. The first-order valence-corrected chi connectivity index (χ1v) is 14.7. The average molecular weight is 569 g/mol. The zero-order valence-electron chi connectivity index (χ0n) is 20.3. The van der Waals surface area contributed by atoms with Crippen molar-refractivity contribution < 1.29 is 27.9 Å². The van der Waals surface area contributed by atoms with Gasteiger partial charge in [0.2, 0.25) is 21.8 Å². The molecule has 200 valence electrons. The number of hydrogen-bond acceptors (Lipinski definition) is 7. The van der Waals surface area contributed by atoms with Gasteiger partial charge in [-0.15, -0.1) is 11.3 Å². The van der Waals surface area contributed by atoms with E-state index in [1.54, 1.807) is 36.1 Å². The summed E-state index contributed by atoms with van der Waals surface area (Å²) >= 11 is 6.98. The molecule has 3 heterocycles. The van der Waals surface area contributed by atoms with E-state index in [9.17, 15) is 27.9 Å². The Balaban J connectivity index is 1.57. The second-order valence-corrected chi connectivity index (χ2v) is 12.5. The quantitative estimate of drug-likeness (QED) is 0.445. The van der Waals surface area contributed by atoms with E-state index in [1.165, 1.54) is 11.0 Å². The lowest BCUT2D eigenvalue weighted by Crippen LogP contribution is -2.55. The summed E-state index contributed by atoms with van der Waals surface area (Å²) in [6.45, 7) is 2.41. The molecule has 2 aromatic rings. The molecule has 3 N–H and O–H groups in total. The van der Waals surface area contributed by atoms with Crippen LogP contribution >= 0.6 is 22.9 Å². The molecule has 0 spiro atoms. The van der Waals surface area contributed by atoms with Crippen molar-refractivity contribution in [2.75, 3.05) is 31.1 Å². The molecular formula is C24H29ClN4O6S2. The number of nitrogens with one attached hydrogen (secondary N) is 2. The van der Waals surface area contributed by atoms with E-state index in [2.05, 4.69) is 10.0 Å². The van der Waals surface area contributed by atoms with Crippen LogP contribution in [0.5, 0.6) is 0 Å². The fourth-order valence-corrected chi connectivity index (χ4v) is 6.95. The predicted octanol–water partition coefficient (Wildman–Crippen LogP) is 1.90. The number of sulfonamides is 1. The Labute approximate surface area is 224 Å². The van der Waals surface area contributed by atoms with E-state index in [0.717, 1.165) is 11.3 Å².